The Morgan fingerprint density at radius 3 is 2.57 bits per heavy atom. The van der Waals surface area contributed by atoms with Crippen LogP contribution in [0.2, 0.25) is 5.02 Å². The summed E-state index contributed by atoms with van der Waals surface area (Å²) in [5.74, 6) is 0.00760. The maximum Gasteiger partial charge on any atom is 0.234 e. The number of halogens is 1. The molecule has 122 valence electrons. The van der Waals surface area contributed by atoms with E-state index in [0.29, 0.717) is 18.1 Å². The van der Waals surface area contributed by atoms with Crippen molar-refractivity contribution in [1.82, 2.24) is 10.2 Å². The number of carbonyl (C=O) groups is 1. The number of likely N-dealkylation sites (N-methyl/N-ethyl adjacent to an activating group) is 1. The Morgan fingerprint density at radius 2 is 1.91 bits per heavy atom. The van der Waals surface area contributed by atoms with Gasteiger partial charge in [-0.3, -0.25) is 9.69 Å². The average Bonchev–Trinajstić information content (AvgIpc) is 2.53. The second-order valence-corrected chi connectivity index (χ2v) is 6.74. The van der Waals surface area contributed by atoms with E-state index in [9.17, 15) is 4.79 Å². The van der Waals surface area contributed by atoms with Crippen LogP contribution in [0.5, 0.6) is 0 Å². The summed E-state index contributed by atoms with van der Waals surface area (Å²) in [6.45, 7) is 1.61. The zero-order valence-electron chi connectivity index (χ0n) is 13.4. The molecule has 0 aliphatic heterocycles. The van der Waals surface area contributed by atoms with E-state index in [1.807, 2.05) is 36.2 Å². The van der Waals surface area contributed by atoms with Crippen molar-refractivity contribution in [2.75, 3.05) is 19.8 Å². The molecule has 0 heterocycles. The molecule has 0 aliphatic carbocycles. The fourth-order valence-corrected chi connectivity index (χ4v) is 2.87. The summed E-state index contributed by atoms with van der Waals surface area (Å²) in [5.41, 5.74) is 2.20. The zero-order chi connectivity index (χ0) is 16.7. The summed E-state index contributed by atoms with van der Waals surface area (Å²) in [6.07, 6.45) is 2.06. The number of thioether (sulfide) groups is 1. The average molecular weight is 349 g/mol. The SMILES string of the molecule is CSc1ccc(CN(C)CC(=O)NCc2cccc(Cl)c2)cc1. The minimum atomic E-state index is 0.00760. The predicted molar refractivity (Wildman–Crippen MR) is 97.9 cm³/mol. The molecule has 5 heteroatoms. The first-order valence-electron chi connectivity index (χ1n) is 7.39. The molecule has 2 aromatic rings. The van der Waals surface area contributed by atoms with Crippen LogP contribution < -0.4 is 5.32 Å². The van der Waals surface area contributed by atoms with Crippen LogP contribution in [0.3, 0.4) is 0 Å². The Morgan fingerprint density at radius 1 is 1.17 bits per heavy atom. The summed E-state index contributed by atoms with van der Waals surface area (Å²) < 4.78 is 0. The van der Waals surface area contributed by atoms with Gasteiger partial charge in [0, 0.05) is 23.0 Å². The molecule has 1 N–H and O–H groups in total. The molecule has 2 aromatic carbocycles. The van der Waals surface area contributed by atoms with Crippen molar-refractivity contribution in [3.8, 4) is 0 Å². The smallest absolute Gasteiger partial charge is 0.234 e. The Kier molecular flexibility index (Phi) is 6.96. The summed E-state index contributed by atoms with van der Waals surface area (Å²) in [7, 11) is 1.95. The predicted octanol–water partition coefficient (Wildman–Crippen LogP) is 3.81. The highest BCUT2D eigenvalue weighted by Gasteiger charge is 2.07. The fraction of sp³-hybridized carbons (Fsp3) is 0.278. The molecule has 0 unspecified atom stereocenters. The van der Waals surface area contributed by atoms with Crippen LogP contribution in [0.1, 0.15) is 11.1 Å². The van der Waals surface area contributed by atoms with Crippen LogP contribution in [0.4, 0.5) is 0 Å². The van der Waals surface area contributed by atoms with Gasteiger partial charge >= 0.3 is 0 Å². The van der Waals surface area contributed by atoms with E-state index in [2.05, 4.69) is 35.8 Å². The number of benzene rings is 2. The van der Waals surface area contributed by atoms with Gasteiger partial charge in [0.1, 0.15) is 0 Å². The highest BCUT2D eigenvalue weighted by Crippen LogP contribution is 2.15. The van der Waals surface area contributed by atoms with Gasteiger partial charge in [-0.25, -0.2) is 0 Å². The zero-order valence-corrected chi connectivity index (χ0v) is 15.0. The Bertz CT molecular complexity index is 646. The lowest BCUT2D eigenvalue weighted by molar-refractivity contribution is -0.122. The second-order valence-electron chi connectivity index (χ2n) is 5.43. The molecule has 0 aliphatic rings. The third kappa shape index (κ3) is 6.26. The molecule has 0 spiro atoms. The maximum absolute atomic E-state index is 12.0. The van der Waals surface area contributed by atoms with E-state index in [4.69, 9.17) is 11.6 Å². The van der Waals surface area contributed by atoms with E-state index in [-0.39, 0.29) is 5.91 Å². The molecule has 0 aromatic heterocycles. The molecule has 0 saturated carbocycles. The Balaban J connectivity index is 1.77. The molecule has 1 amide bonds. The lowest BCUT2D eigenvalue weighted by Gasteiger charge is -2.16. The lowest BCUT2D eigenvalue weighted by Crippen LogP contribution is -2.34. The molecule has 0 atom stereocenters. The molecule has 0 bridgehead atoms. The molecule has 0 fully saturated rings. The van der Waals surface area contributed by atoms with Gasteiger partial charge in [-0.1, -0.05) is 35.9 Å². The topological polar surface area (TPSA) is 32.3 Å². The molecular formula is C18H21ClN2OS. The number of hydrogen-bond donors (Lipinski definition) is 1. The van der Waals surface area contributed by atoms with Crippen molar-refractivity contribution >= 4 is 29.3 Å². The molecule has 2 rings (SSSR count). The highest BCUT2D eigenvalue weighted by atomic mass is 35.5. The van der Waals surface area contributed by atoms with Crippen LogP contribution in [0, 0.1) is 0 Å². The Labute approximate surface area is 147 Å². The molecule has 0 radical (unpaired) electrons. The van der Waals surface area contributed by atoms with Crippen LogP contribution in [0.15, 0.2) is 53.4 Å². The number of rotatable bonds is 7. The van der Waals surface area contributed by atoms with Gasteiger partial charge < -0.3 is 5.32 Å². The first-order valence-corrected chi connectivity index (χ1v) is 8.99. The monoisotopic (exact) mass is 348 g/mol. The minimum absolute atomic E-state index is 0.00760. The number of nitrogens with one attached hydrogen (secondary N) is 1. The minimum Gasteiger partial charge on any atom is -0.351 e. The summed E-state index contributed by atoms with van der Waals surface area (Å²) in [5, 5.41) is 3.60. The van der Waals surface area contributed by atoms with Gasteiger partial charge in [0.05, 0.1) is 6.54 Å². The normalized spacial score (nSPS) is 10.8. The summed E-state index contributed by atoms with van der Waals surface area (Å²) in [4.78, 5) is 15.3. The third-order valence-corrected chi connectivity index (χ3v) is 4.38. The van der Waals surface area contributed by atoms with E-state index >= 15 is 0 Å². The summed E-state index contributed by atoms with van der Waals surface area (Å²) >= 11 is 7.66. The van der Waals surface area contributed by atoms with Crippen LogP contribution in [-0.4, -0.2) is 30.7 Å². The quantitative estimate of drug-likeness (QED) is 0.772. The molecule has 3 nitrogen and oxygen atoms in total. The first kappa shape index (κ1) is 17.9. The van der Waals surface area contributed by atoms with E-state index in [1.54, 1.807) is 11.8 Å². The second kappa shape index (κ2) is 8.96. The first-order chi connectivity index (χ1) is 11.1. The highest BCUT2D eigenvalue weighted by molar-refractivity contribution is 7.98. The standard InChI is InChI=1S/C18H21ClN2OS/c1-21(12-14-6-8-17(23-2)9-7-14)13-18(22)20-11-15-4-3-5-16(19)10-15/h3-10H,11-13H2,1-2H3,(H,20,22). The van der Waals surface area contributed by atoms with Crippen molar-refractivity contribution < 1.29 is 4.79 Å². The fourth-order valence-electron chi connectivity index (χ4n) is 2.25. The van der Waals surface area contributed by atoms with Crippen LogP contribution in [-0.2, 0) is 17.9 Å². The third-order valence-electron chi connectivity index (χ3n) is 3.40. The van der Waals surface area contributed by atoms with Crippen molar-refractivity contribution in [2.24, 2.45) is 0 Å². The lowest BCUT2D eigenvalue weighted by atomic mass is 10.2. The van der Waals surface area contributed by atoms with Gasteiger partial charge in [0.15, 0.2) is 0 Å². The van der Waals surface area contributed by atoms with Gasteiger partial charge in [-0.05, 0) is 48.7 Å². The van der Waals surface area contributed by atoms with Crippen molar-refractivity contribution in [1.29, 1.82) is 0 Å². The number of nitrogens with zero attached hydrogens (tertiary/aromatic N) is 1. The summed E-state index contributed by atoms with van der Waals surface area (Å²) in [6, 6.07) is 15.9. The van der Waals surface area contributed by atoms with Crippen LogP contribution >= 0.6 is 23.4 Å². The van der Waals surface area contributed by atoms with Crippen molar-refractivity contribution in [3.63, 3.8) is 0 Å². The van der Waals surface area contributed by atoms with Crippen molar-refractivity contribution in [3.05, 3.63) is 64.7 Å². The van der Waals surface area contributed by atoms with Crippen LogP contribution in [0.25, 0.3) is 0 Å². The Hall–Kier alpha value is -1.49. The largest absolute Gasteiger partial charge is 0.351 e. The van der Waals surface area contributed by atoms with Gasteiger partial charge in [0.25, 0.3) is 0 Å². The van der Waals surface area contributed by atoms with Gasteiger partial charge in [-0.2, -0.15) is 0 Å². The number of hydrogen-bond acceptors (Lipinski definition) is 3. The van der Waals surface area contributed by atoms with Gasteiger partial charge in [0.2, 0.25) is 5.91 Å². The van der Waals surface area contributed by atoms with Crippen molar-refractivity contribution in [2.45, 2.75) is 18.0 Å². The van der Waals surface area contributed by atoms with E-state index in [1.165, 1.54) is 10.5 Å². The number of carbonyl (C=O) groups excluding carboxylic acids is 1. The maximum atomic E-state index is 12.0. The van der Waals surface area contributed by atoms with E-state index in [0.717, 1.165) is 12.1 Å². The molecule has 0 saturated heterocycles. The molecular weight excluding hydrogens is 328 g/mol. The number of amides is 1. The van der Waals surface area contributed by atoms with E-state index < -0.39 is 0 Å². The van der Waals surface area contributed by atoms with Gasteiger partial charge in [-0.15, -0.1) is 11.8 Å². The molecule has 23 heavy (non-hydrogen) atoms.